The van der Waals surface area contributed by atoms with Gasteiger partial charge in [0.2, 0.25) is 0 Å². The van der Waals surface area contributed by atoms with Gasteiger partial charge in [-0.25, -0.2) is 4.79 Å². The zero-order valence-corrected chi connectivity index (χ0v) is 20.2. The second kappa shape index (κ2) is 10.6. The first kappa shape index (κ1) is 25.1. The van der Waals surface area contributed by atoms with Crippen LogP contribution in [0.2, 0.25) is 0 Å². The Morgan fingerprint density at radius 2 is 1.62 bits per heavy atom. The van der Waals surface area contributed by atoms with Crippen molar-refractivity contribution in [2.24, 2.45) is 5.73 Å². The fraction of sp³-hybridized carbons (Fsp3) is 0.423. The van der Waals surface area contributed by atoms with E-state index >= 15 is 0 Å². The minimum absolute atomic E-state index is 0.0994. The van der Waals surface area contributed by atoms with E-state index in [1.165, 1.54) is 0 Å². The molecule has 0 aromatic heterocycles. The van der Waals surface area contributed by atoms with Gasteiger partial charge in [0.25, 0.3) is 11.8 Å². The molecule has 1 fully saturated rings. The van der Waals surface area contributed by atoms with Crippen LogP contribution in [0, 0.1) is 0 Å². The van der Waals surface area contributed by atoms with Crippen molar-refractivity contribution in [3.8, 4) is 5.75 Å². The Bertz CT molecular complexity index is 1050. The molecule has 1 atom stereocenters. The van der Waals surface area contributed by atoms with Crippen LogP contribution in [0.1, 0.15) is 66.5 Å². The zero-order valence-electron chi connectivity index (χ0n) is 20.2. The van der Waals surface area contributed by atoms with Gasteiger partial charge < -0.3 is 25.0 Å². The van der Waals surface area contributed by atoms with Crippen molar-refractivity contribution in [3.63, 3.8) is 0 Å². The highest BCUT2D eigenvalue weighted by Gasteiger charge is 2.26. The Hall–Kier alpha value is -3.55. The first-order valence-electron chi connectivity index (χ1n) is 11.5. The third-order valence-corrected chi connectivity index (χ3v) is 5.49. The summed E-state index contributed by atoms with van der Waals surface area (Å²) in [5.41, 5.74) is 6.54. The number of rotatable bonds is 5. The third-order valence-electron chi connectivity index (χ3n) is 5.49. The lowest BCUT2D eigenvalue weighted by Gasteiger charge is -2.26. The van der Waals surface area contributed by atoms with E-state index in [2.05, 4.69) is 0 Å². The summed E-state index contributed by atoms with van der Waals surface area (Å²) in [7, 11) is 0. The minimum atomic E-state index is -0.562. The molecule has 2 N–H and O–H groups in total. The predicted octanol–water partition coefficient (Wildman–Crippen LogP) is 4.01. The molecule has 0 saturated carbocycles. The molecule has 1 unspecified atom stereocenters. The molecule has 34 heavy (non-hydrogen) atoms. The van der Waals surface area contributed by atoms with Gasteiger partial charge in [0.15, 0.2) is 0 Å². The number of nitrogens with zero attached hydrogens (tertiary/aromatic N) is 2. The number of hydrogen-bond donors (Lipinski definition) is 1. The molecular formula is C26H33N3O5. The molecule has 8 nitrogen and oxygen atoms in total. The van der Waals surface area contributed by atoms with Gasteiger partial charge in [-0.2, -0.15) is 0 Å². The largest absolute Gasteiger partial charge is 0.485 e. The van der Waals surface area contributed by atoms with Gasteiger partial charge in [0.05, 0.1) is 5.56 Å². The Labute approximate surface area is 200 Å². The van der Waals surface area contributed by atoms with E-state index < -0.39 is 17.6 Å². The number of amides is 3. The monoisotopic (exact) mass is 467 g/mol. The van der Waals surface area contributed by atoms with Gasteiger partial charge in [-0.05, 0) is 63.9 Å². The van der Waals surface area contributed by atoms with Crippen LogP contribution in [-0.2, 0) is 4.74 Å². The first-order chi connectivity index (χ1) is 16.0. The molecule has 182 valence electrons. The molecule has 1 aliphatic heterocycles. The number of benzene rings is 2. The maximum atomic E-state index is 13.2. The summed E-state index contributed by atoms with van der Waals surface area (Å²) >= 11 is 0. The lowest BCUT2D eigenvalue weighted by Crippen LogP contribution is -2.40. The van der Waals surface area contributed by atoms with Crippen molar-refractivity contribution in [3.05, 3.63) is 65.2 Å². The predicted molar refractivity (Wildman–Crippen MR) is 129 cm³/mol. The molecule has 1 saturated heterocycles. The van der Waals surface area contributed by atoms with Crippen LogP contribution in [-0.4, -0.2) is 59.5 Å². The SMILES string of the molecule is CC(Oc1ccccc1C(N)=O)c1cccc(C(=O)N2CCCN(C(=O)OC(C)(C)C)CC2)c1. The molecule has 2 aromatic carbocycles. The van der Waals surface area contributed by atoms with Crippen molar-refractivity contribution in [1.29, 1.82) is 0 Å². The molecule has 0 aliphatic carbocycles. The van der Waals surface area contributed by atoms with Crippen molar-refractivity contribution in [1.82, 2.24) is 9.80 Å². The van der Waals surface area contributed by atoms with E-state index in [0.717, 1.165) is 5.56 Å². The van der Waals surface area contributed by atoms with E-state index in [-0.39, 0.29) is 12.0 Å². The van der Waals surface area contributed by atoms with Crippen LogP contribution in [0.5, 0.6) is 5.75 Å². The van der Waals surface area contributed by atoms with Crippen molar-refractivity contribution >= 4 is 17.9 Å². The van der Waals surface area contributed by atoms with Crippen LogP contribution in [0.15, 0.2) is 48.5 Å². The Morgan fingerprint density at radius 1 is 0.941 bits per heavy atom. The molecule has 8 heteroatoms. The molecule has 1 heterocycles. The summed E-state index contributed by atoms with van der Waals surface area (Å²) in [6.07, 6.45) is -0.0836. The van der Waals surface area contributed by atoms with Crippen LogP contribution in [0.25, 0.3) is 0 Å². The number of ether oxygens (including phenoxy) is 2. The van der Waals surface area contributed by atoms with Crippen LogP contribution in [0.4, 0.5) is 4.79 Å². The van der Waals surface area contributed by atoms with Crippen molar-refractivity contribution in [2.45, 2.75) is 45.8 Å². The van der Waals surface area contributed by atoms with Crippen LogP contribution >= 0.6 is 0 Å². The Balaban J connectivity index is 1.68. The average molecular weight is 468 g/mol. The quantitative estimate of drug-likeness (QED) is 0.716. The van der Waals surface area contributed by atoms with Crippen LogP contribution < -0.4 is 10.5 Å². The normalized spacial score (nSPS) is 15.3. The van der Waals surface area contributed by atoms with E-state index in [4.69, 9.17) is 15.2 Å². The fourth-order valence-corrected chi connectivity index (χ4v) is 3.77. The highest BCUT2D eigenvalue weighted by atomic mass is 16.6. The van der Waals surface area contributed by atoms with Crippen LogP contribution in [0.3, 0.4) is 0 Å². The number of para-hydroxylation sites is 1. The molecule has 0 spiro atoms. The van der Waals surface area contributed by atoms with E-state index in [9.17, 15) is 14.4 Å². The molecule has 0 radical (unpaired) electrons. The summed E-state index contributed by atoms with van der Waals surface area (Å²) in [6.45, 7) is 9.31. The maximum Gasteiger partial charge on any atom is 0.410 e. The Morgan fingerprint density at radius 3 is 2.32 bits per heavy atom. The minimum Gasteiger partial charge on any atom is -0.485 e. The highest BCUT2D eigenvalue weighted by Crippen LogP contribution is 2.26. The number of carbonyl (C=O) groups is 3. The molecule has 2 aromatic rings. The molecule has 1 aliphatic rings. The van der Waals surface area contributed by atoms with Gasteiger partial charge in [-0.15, -0.1) is 0 Å². The average Bonchev–Trinajstić information content (AvgIpc) is 3.04. The van der Waals surface area contributed by atoms with Gasteiger partial charge in [0, 0.05) is 31.7 Å². The number of carbonyl (C=O) groups excluding carboxylic acids is 3. The lowest BCUT2D eigenvalue weighted by atomic mass is 10.1. The van der Waals surface area contributed by atoms with Gasteiger partial charge >= 0.3 is 6.09 Å². The maximum absolute atomic E-state index is 13.2. The molecule has 3 amide bonds. The standard InChI is InChI=1S/C26H33N3O5/c1-18(33-22-12-6-5-11-21(22)23(27)30)19-9-7-10-20(17-19)24(31)28-13-8-14-29(16-15-28)25(32)34-26(2,3)4/h5-7,9-12,17-18H,8,13-16H2,1-4H3,(H2,27,30). The number of primary amides is 1. The lowest BCUT2D eigenvalue weighted by molar-refractivity contribution is 0.0255. The van der Waals surface area contributed by atoms with Gasteiger partial charge in [0.1, 0.15) is 17.5 Å². The summed E-state index contributed by atoms with van der Waals surface area (Å²) in [5, 5.41) is 0. The number of nitrogens with two attached hydrogens (primary N) is 1. The summed E-state index contributed by atoms with van der Waals surface area (Å²) in [6, 6.07) is 14.1. The zero-order chi connectivity index (χ0) is 24.9. The van der Waals surface area contributed by atoms with E-state index in [0.29, 0.717) is 49.5 Å². The van der Waals surface area contributed by atoms with Crippen molar-refractivity contribution in [2.75, 3.05) is 26.2 Å². The summed E-state index contributed by atoms with van der Waals surface area (Å²) < 4.78 is 11.5. The molecular weight excluding hydrogens is 434 g/mol. The third kappa shape index (κ3) is 6.50. The summed E-state index contributed by atoms with van der Waals surface area (Å²) in [5.74, 6) is -0.264. The fourth-order valence-electron chi connectivity index (χ4n) is 3.77. The van der Waals surface area contributed by atoms with E-state index in [1.807, 2.05) is 39.8 Å². The smallest absolute Gasteiger partial charge is 0.410 e. The van der Waals surface area contributed by atoms with Crippen molar-refractivity contribution < 1.29 is 23.9 Å². The molecule has 3 rings (SSSR count). The molecule has 0 bridgehead atoms. The second-order valence-electron chi connectivity index (χ2n) is 9.36. The summed E-state index contributed by atoms with van der Waals surface area (Å²) in [4.78, 5) is 40.7. The second-order valence-corrected chi connectivity index (χ2v) is 9.36. The van der Waals surface area contributed by atoms with Gasteiger partial charge in [-0.3, -0.25) is 9.59 Å². The first-order valence-corrected chi connectivity index (χ1v) is 11.5. The topological polar surface area (TPSA) is 102 Å². The Kier molecular flexibility index (Phi) is 7.81. The number of hydrogen-bond acceptors (Lipinski definition) is 5. The highest BCUT2D eigenvalue weighted by molar-refractivity contribution is 5.95. The van der Waals surface area contributed by atoms with Gasteiger partial charge in [-0.1, -0.05) is 24.3 Å². The van der Waals surface area contributed by atoms with E-state index in [1.54, 1.807) is 46.2 Å².